The third-order valence-electron chi connectivity index (χ3n) is 4.45. The Labute approximate surface area is 145 Å². The lowest BCUT2D eigenvalue weighted by Crippen LogP contribution is -2.34. The Balaban J connectivity index is 1.77. The first-order chi connectivity index (χ1) is 11.8. The number of carbonyl (C=O) groups is 1. The minimum absolute atomic E-state index is 0.0831. The highest BCUT2D eigenvalue weighted by atomic mass is 19.1. The van der Waals surface area contributed by atoms with Gasteiger partial charge in [0.25, 0.3) is 5.91 Å². The molecule has 25 heavy (non-hydrogen) atoms. The summed E-state index contributed by atoms with van der Waals surface area (Å²) in [5, 5.41) is 18.9. The summed E-state index contributed by atoms with van der Waals surface area (Å²) in [7, 11) is 1.37. The number of aliphatic hydroxyl groups is 1. The van der Waals surface area contributed by atoms with Crippen molar-refractivity contribution in [1.29, 1.82) is 0 Å². The lowest BCUT2D eigenvalue weighted by Gasteiger charge is -2.21. The predicted molar refractivity (Wildman–Crippen MR) is 87.8 cm³/mol. The van der Waals surface area contributed by atoms with Crippen molar-refractivity contribution in [2.45, 2.75) is 31.9 Å². The van der Waals surface area contributed by atoms with Gasteiger partial charge >= 0.3 is 0 Å². The van der Waals surface area contributed by atoms with Crippen LogP contribution in [0.3, 0.4) is 0 Å². The lowest BCUT2D eigenvalue weighted by molar-refractivity contribution is 0.0381. The van der Waals surface area contributed by atoms with Gasteiger partial charge in [-0.3, -0.25) is 4.79 Å². The minimum atomic E-state index is -1.24. The van der Waals surface area contributed by atoms with Gasteiger partial charge in [-0.05, 0) is 32.0 Å². The molecule has 1 aliphatic rings. The summed E-state index contributed by atoms with van der Waals surface area (Å²) in [6.45, 7) is 4.38. The quantitative estimate of drug-likeness (QED) is 0.910. The lowest BCUT2D eigenvalue weighted by atomic mass is 10.00. The van der Waals surface area contributed by atoms with Gasteiger partial charge in [0, 0.05) is 24.6 Å². The number of hydrogen-bond donors (Lipinski definition) is 1. The predicted octanol–water partition coefficient (Wildman–Crippen LogP) is 1.74. The first-order valence-corrected chi connectivity index (χ1v) is 8.11. The first-order valence-electron chi connectivity index (χ1n) is 8.11. The number of aromatic nitrogens is 3. The van der Waals surface area contributed by atoms with Crippen LogP contribution in [0, 0.1) is 5.82 Å². The summed E-state index contributed by atoms with van der Waals surface area (Å²) in [6, 6.07) is 4.20. The van der Waals surface area contributed by atoms with Gasteiger partial charge in [-0.2, -0.15) is 0 Å². The van der Waals surface area contributed by atoms with Crippen LogP contribution < -0.4 is 4.74 Å². The molecule has 2 heterocycles. The zero-order chi connectivity index (χ0) is 18.2. The van der Waals surface area contributed by atoms with E-state index in [-0.39, 0.29) is 29.8 Å². The fourth-order valence-corrected chi connectivity index (χ4v) is 2.90. The van der Waals surface area contributed by atoms with E-state index < -0.39 is 11.4 Å². The Bertz CT molecular complexity index is 792. The van der Waals surface area contributed by atoms with Crippen LogP contribution in [0.25, 0.3) is 0 Å². The van der Waals surface area contributed by atoms with Crippen molar-refractivity contribution in [3.05, 3.63) is 41.5 Å². The van der Waals surface area contributed by atoms with Gasteiger partial charge in [-0.1, -0.05) is 5.21 Å². The molecule has 0 saturated carbocycles. The molecule has 134 valence electrons. The summed E-state index contributed by atoms with van der Waals surface area (Å²) >= 11 is 0. The Morgan fingerprint density at radius 3 is 2.80 bits per heavy atom. The van der Waals surface area contributed by atoms with Crippen LogP contribution in [-0.2, 0) is 5.60 Å². The number of halogens is 1. The fraction of sp³-hybridized carbons (Fsp3) is 0.471. The van der Waals surface area contributed by atoms with Crippen molar-refractivity contribution in [2.75, 3.05) is 20.2 Å². The molecule has 3 rings (SSSR count). The van der Waals surface area contributed by atoms with E-state index in [1.165, 1.54) is 24.1 Å². The zero-order valence-electron chi connectivity index (χ0n) is 14.4. The Morgan fingerprint density at radius 2 is 2.20 bits per heavy atom. The Morgan fingerprint density at radius 1 is 1.44 bits per heavy atom. The number of carbonyl (C=O) groups excluding carboxylic acids is 1. The summed E-state index contributed by atoms with van der Waals surface area (Å²) in [5.41, 5.74) is -0.584. The number of benzene rings is 1. The van der Waals surface area contributed by atoms with E-state index in [0.717, 1.165) is 6.07 Å². The normalized spacial score (nSPS) is 20.3. The molecule has 1 aromatic carbocycles. The van der Waals surface area contributed by atoms with E-state index in [9.17, 15) is 14.3 Å². The molecule has 0 radical (unpaired) electrons. The van der Waals surface area contributed by atoms with Crippen LogP contribution in [0.15, 0.2) is 24.4 Å². The van der Waals surface area contributed by atoms with E-state index in [0.29, 0.717) is 18.7 Å². The molecule has 1 unspecified atom stereocenters. The summed E-state index contributed by atoms with van der Waals surface area (Å²) in [6.07, 6.45) is 2.06. The third-order valence-corrected chi connectivity index (χ3v) is 4.45. The van der Waals surface area contributed by atoms with Crippen LogP contribution in [0.5, 0.6) is 5.75 Å². The van der Waals surface area contributed by atoms with E-state index in [1.54, 1.807) is 10.9 Å². The Kier molecular flexibility index (Phi) is 4.47. The van der Waals surface area contributed by atoms with Crippen molar-refractivity contribution in [3.63, 3.8) is 0 Å². The van der Waals surface area contributed by atoms with Crippen molar-refractivity contribution < 1.29 is 19.0 Å². The number of hydrogen-bond acceptors (Lipinski definition) is 5. The maximum atomic E-state index is 13.8. The number of nitrogens with zero attached hydrogens (tertiary/aromatic N) is 4. The fourth-order valence-electron chi connectivity index (χ4n) is 2.90. The highest BCUT2D eigenvalue weighted by Crippen LogP contribution is 2.32. The maximum absolute atomic E-state index is 13.8. The van der Waals surface area contributed by atoms with E-state index in [4.69, 9.17) is 4.74 Å². The molecule has 1 aliphatic heterocycles. The van der Waals surface area contributed by atoms with E-state index in [1.807, 2.05) is 13.8 Å². The van der Waals surface area contributed by atoms with Crippen LogP contribution >= 0.6 is 0 Å². The molecule has 1 atom stereocenters. The molecular weight excluding hydrogens is 327 g/mol. The monoisotopic (exact) mass is 348 g/mol. The average molecular weight is 348 g/mol. The highest BCUT2D eigenvalue weighted by Gasteiger charge is 2.42. The van der Waals surface area contributed by atoms with Gasteiger partial charge in [0.05, 0.1) is 19.9 Å². The second kappa shape index (κ2) is 6.44. The standard InChI is InChI=1S/C17H21FN4O3/c1-11(2)22-9-15(19-20-22)17(24)6-7-21(10-17)16(23)12-4-5-14(25-3)13(18)8-12/h4-5,8-9,11,24H,6-7,10H2,1-3H3. The molecule has 1 aromatic heterocycles. The van der Waals surface area contributed by atoms with Gasteiger partial charge in [0.15, 0.2) is 11.6 Å². The Hall–Kier alpha value is -2.48. The SMILES string of the molecule is COc1ccc(C(=O)N2CCC(O)(c3cn(C(C)C)nn3)C2)cc1F. The number of amides is 1. The smallest absolute Gasteiger partial charge is 0.254 e. The molecule has 1 N–H and O–H groups in total. The van der Waals surface area contributed by atoms with Crippen molar-refractivity contribution in [2.24, 2.45) is 0 Å². The number of β-amino-alcohol motifs (C(OH)–C–C–N with tert-alkyl or cyclic N) is 1. The third kappa shape index (κ3) is 3.21. The number of ether oxygens (including phenoxy) is 1. The number of methoxy groups -OCH3 is 1. The highest BCUT2D eigenvalue weighted by molar-refractivity contribution is 5.94. The molecule has 1 amide bonds. The van der Waals surface area contributed by atoms with Crippen molar-refractivity contribution in [1.82, 2.24) is 19.9 Å². The average Bonchev–Trinajstić information content (AvgIpc) is 3.22. The zero-order valence-corrected chi connectivity index (χ0v) is 14.4. The minimum Gasteiger partial charge on any atom is -0.494 e. The van der Waals surface area contributed by atoms with Gasteiger partial charge in [-0.25, -0.2) is 9.07 Å². The molecule has 0 spiro atoms. The topological polar surface area (TPSA) is 80.5 Å². The van der Waals surface area contributed by atoms with Gasteiger partial charge in [0.1, 0.15) is 11.3 Å². The second-order valence-corrected chi connectivity index (χ2v) is 6.54. The van der Waals surface area contributed by atoms with E-state index >= 15 is 0 Å². The van der Waals surface area contributed by atoms with Crippen molar-refractivity contribution in [3.8, 4) is 5.75 Å². The molecule has 1 saturated heterocycles. The van der Waals surface area contributed by atoms with Crippen LogP contribution in [0.2, 0.25) is 0 Å². The molecule has 2 aromatic rings. The maximum Gasteiger partial charge on any atom is 0.254 e. The molecule has 8 heteroatoms. The molecule has 0 aliphatic carbocycles. The van der Waals surface area contributed by atoms with Gasteiger partial charge in [0.2, 0.25) is 0 Å². The van der Waals surface area contributed by atoms with Crippen molar-refractivity contribution >= 4 is 5.91 Å². The van der Waals surface area contributed by atoms with Crippen LogP contribution in [0.1, 0.15) is 42.4 Å². The second-order valence-electron chi connectivity index (χ2n) is 6.54. The van der Waals surface area contributed by atoms with Gasteiger partial charge in [-0.15, -0.1) is 5.10 Å². The molecule has 0 bridgehead atoms. The van der Waals surface area contributed by atoms with E-state index in [2.05, 4.69) is 10.3 Å². The summed E-state index contributed by atoms with van der Waals surface area (Å²) in [4.78, 5) is 14.1. The number of rotatable bonds is 4. The molecular formula is C17H21FN4O3. The molecule has 1 fully saturated rings. The van der Waals surface area contributed by atoms with Crippen LogP contribution in [0.4, 0.5) is 4.39 Å². The number of likely N-dealkylation sites (tertiary alicyclic amines) is 1. The molecule has 7 nitrogen and oxygen atoms in total. The first kappa shape index (κ1) is 17.3. The summed E-state index contributed by atoms with van der Waals surface area (Å²) in [5.74, 6) is -0.851. The van der Waals surface area contributed by atoms with Crippen LogP contribution in [-0.4, -0.2) is 51.1 Å². The largest absolute Gasteiger partial charge is 0.494 e. The van der Waals surface area contributed by atoms with Gasteiger partial charge < -0.3 is 14.7 Å². The summed E-state index contributed by atoms with van der Waals surface area (Å²) < 4.78 is 20.4.